The molecule has 1 fully saturated rings. The second-order valence-corrected chi connectivity index (χ2v) is 12.9. The van der Waals surface area contributed by atoms with Crippen LogP contribution in [0.3, 0.4) is 0 Å². The third-order valence-corrected chi connectivity index (χ3v) is 9.92. The van der Waals surface area contributed by atoms with Crippen LogP contribution in [0, 0.1) is 3.57 Å². The van der Waals surface area contributed by atoms with E-state index in [1.807, 2.05) is 17.0 Å². The fraction of sp³-hybridized carbons (Fsp3) is 0.371. The van der Waals surface area contributed by atoms with Crippen LogP contribution in [0.2, 0.25) is 0 Å². The fourth-order valence-corrected chi connectivity index (χ4v) is 7.87. The van der Waals surface area contributed by atoms with Gasteiger partial charge in [0, 0.05) is 77.6 Å². The first kappa shape index (κ1) is 29.8. The van der Waals surface area contributed by atoms with Crippen LogP contribution in [0.4, 0.5) is 5.69 Å². The number of hydrogen-bond acceptors (Lipinski definition) is 4. The van der Waals surface area contributed by atoms with E-state index in [1.165, 1.54) is 20.2 Å². The van der Waals surface area contributed by atoms with Gasteiger partial charge >= 0.3 is 0 Å². The summed E-state index contributed by atoms with van der Waals surface area (Å²) in [5.41, 5.74) is 14.4. The van der Waals surface area contributed by atoms with Crippen molar-refractivity contribution >= 4 is 51.0 Å². The number of aryl methyl sites for hydroxylation is 1. The number of rotatable bonds is 10. The van der Waals surface area contributed by atoms with E-state index in [9.17, 15) is 9.59 Å². The maximum Gasteiger partial charge on any atom is 0.228 e. The average Bonchev–Trinajstić information content (AvgIpc) is 3.53. The Labute approximate surface area is 266 Å². The minimum Gasteiger partial charge on any atom is -0.385 e. The van der Waals surface area contributed by atoms with Gasteiger partial charge in [0.2, 0.25) is 11.8 Å². The molecule has 1 unspecified atom stereocenters. The van der Waals surface area contributed by atoms with Crippen molar-refractivity contribution in [3.8, 4) is 11.1 Å². The maximum absolute atomic E-state index is 13.5. The van der Waals surface area contributed by atoms with Crippen molar-refractivity contribution in [1.82, 2.24) is 9.47 Å². The monoisotopic (exact) mass is 690 g/mol. The predicted molar refractivity (Wildman–Crippen MR) is 180 cm³/mol. The number of methoxy groups -OCH3 is 1. The average molecular weight is 691 g/mol. The number of nitrogens with zero attached hydrogens (tertiary/aromatic N) is 2. The molecule has 3 aromatic carbocycles. The van der Waals surface area contributed by atoms with Gasteiger partial charge < -0.3 is 25.3 Å². The number of carbonyl (C=O) groups excluding carboxylic acids is 2. The number of nitrogens with one attached hydrogen (secondary N) is 1. The van der Waals surface area contributed by atoms with Gasteiger partial charge in [-0.15, -0.1) is 0 Å². The van der Waals surface area contributed by atoms with Crippen molar-refractivity contribution in [2.24, 2.45) is 5.73 Å². The summed E-state index contributed by atoms with van der Waals surface area (Å²) in [5.74, 6) is 0.491. The minimum atomic E-state index is -0.239. The number of ether oxygens (including phenoxy) is 1. The van der Waals surface area contributed by atoms with Gasteiger partial charge in [0.05, 0.1) is 6.42 Å². The van der Waals surface area contributed by atoms with Crippen LogP contribution >= 0.6 is 22.6 Å². The highest BCUT2D eigenvalue weighted by molar-refractivity contribution is 14.1. The molecule has 3 heterocycles. The first-order valence-corrected chi connectivity index (χ1v) is 16.3. The molecule has 1 aromatic heterocycles. The first-order chi connectivity index (χ1) is 20.9. The summed E-state index contributed by atoms with van der Waals surface area (Å²) in [4.78, 5) is 27.2. The third-order valence-electron chi connectivity index (χ3n) is 8.79. The lowest BCUT2D eigenvalue weighted by Crippen LogP contribution is -2.42. The van der Waals surface area contributed by atoms with E-state index in [2.05, 4.69) is 87.1 Å². The number of aromatic nitrogens is 1. The summed E-state index contributed by atoms with van der Waals surface area (Å²) in [6.07, 6.45) is 4.45. The zero-order valence-corrected chi connectivity index (χ0v) is 26.8. The molecule has 4 aromatic rings. The van der Waals surface area contributed by atoms with E-state index in [1.54, 1.807) is 7.11 Å². The van der Waals surface area contributed by atoms with Gasteiger partial charge in [-0.1, -0.05) is 48.5 Å². The van der Waals surface area contributed by atoms with Gasteiger partial charge in [-0.2, -0.15) is 0 Å². The van der Waals surface area contributed by atoms with E-state index in [4.69, 9.17) is 10.5 Å². The van der Waals surface area contributed by atoms with E-state index in [0.29, 0.717) is 25.2 Å². The predicted octanol–water partition coefficient (Wildman–Crippen LogP) is 6.11. The summed E-state index contributed by atoms with van der Waals surface area (Å²) in [6.45, 7) is 3.16. The number of halogens is 1. The van der Waals surface area contributed by atoms with Crippen LogP contribution in [0.1, 0.15) is 48.4 Å². The Morgan fingerprint density at radius 3 is 2.72 bits per heavy atom. The number of piperidine rings is 1. The van der Waals surface area contributed by atoms with E-state index in [0.717, 1.165) is 73.4 Å². The van der Waals surface area contributed by atoms with Gasteiger partial charge in [0.15, 0.2) is 0 Å². The van der Waals surface area contributed by atoms with Crippen molar-refractivity contribution in [1.29, 1.82) is 0 Å². The highest BCUT2D eigenvalue weighted by Gasteiger charge is 2.30. The number of nitrogens with two attached hydrogens (primary N) is 1. The lowest BCUT2D eigenvalue weighted by atomic mass is 9.93. The second-order valence-electron chi connectivity index (χ2n) is 11.9. The number of para-hydroxylation sites is 1. The normalized spacial score (nSPS) is 17.2. The Bertz CT molecular complexity index is 1630. The van der Waals surface area contributed by atoms with Crippen molar-refractivity contribution in [3.05, 3.63) is 87.1 Å². The zero-order chi connectivity index (χ0) is 29.9. The Kier molecular flexibility index (Phi) is 9.16. The molecule has 0 aliphatic carbocycles. The molecule has 0 spiro atoms. The van der Waals surface area contributed by atoms with Crippen LogP contribution in [0.15, 0.2) is 66.7 Å². The largest absolute Gasteiger partial charge is 0.385 e. The number of hydrogen-bond donors (Lipinski definition) is 2. The molecule has 7 nitrogen and oxygen atoms in total. The number of amides is 2. The molecule has 0 saturated carbocycles. The van der Waals surface area contributed by atoms with Crippen molar-refractivity contribution in [2.75, 3.05) is 32.1 Å². The zero-order valence-electron chi connectivity index (χ0n) is 24.7. The van der Waals surface area contributed by atoms with Gasteiger partial charge in [-0.3, -0.25) is 9.59 Å². The molecule has 2 aliphatic rings. The number of benzene rings is 3. The van der Waals surface area contributed by atoms with Crippen molar-refractivity contribution in [2.45, 2.75) is 57.0 Å². The van der Waals surface area contributed by atoms with Crippen molar-refractivity contribution in [3.63, 3.8) is 0 Å². The Morgan fingerprint density at radius 2 is 1.91 bits per heavy atom. The van der Waals surface area contributed by atoms with E-state index in [-0.39, 0.29) is 17.9 Å². The lowest BCUT2D eigenvalue weighted by molar-refractivity contribution is -0.132. The van der Waals surface area contributed by atoms with Gasteiger partial charge in [-0.05, 0) is 88.7 Å². The number of anilines is 1. The van der Waals surface area contributed by atoms with Crippen LogP contribution in [0.5, 0.6) is 0 Å². The summed E-state index contributed by atoms with van der Waals surface area (Å²) in [6, 6.07) is 22.9. The molecular weight excluding hydrogens is 651 g/mol. The molecule has 0 bridgehead atoms. The van der Waals surface area contributed by atoms with Crippen LogP contribution in [0.25, 0.3) is 22.0 Å². The summed E-state index contributed by atoms with van der Waals surface area (Å²) >= 11 is 2.50. The molecule has 2 atom stereocenters. The molecule has 1 saturated heterocycles. The highest BCUT2D eigenvalue weighted by Crippen LogP contribution is 2.37. The summed E-state index contributed by atoms with van der Waals surface area (Å²) in [5, 5.41) is 4.17. The van der Waals surface area contributed by atoms with Crippen LogP contribution < -0.4 is 11.1 Å². The van der Waals surface area contributed by atoms with Gasteiger partial charge in [0.1, 0.15) is 0 Å². The quantitative estimate of drug-likeness (QED) is 0.155. The van der Waals surface area contributed by atoms with Gasteiger partial charge in [-0.25, -0.2) is 0 Å². The molecule has 2 amide bonds. The maximum atomic E-state index is 13.5. The second kappa shape index (κ2) is 13.2. The van der Waals surface area contributed by atoms with Crippen LogP contribution in [-0.2, 0) is 33.7 Å². The molecule has 43 heavy (non-hydrogen) atoms. The Hall–Kier alpha value is -3.21. The molecule has 0 radical (unpaired) electrons. The highest BCUT2D eigenvalue weighted by atomic mass is 127. The summed E-state index contributed by atoms with van der Waals surface area (Å²) in [7, 11) is 1.75. The lowest BCUT2D eigenvalue weighted by Gasteiger charge is -2.34. The van der Waals surface area contributed by atoms with E-state index >= 15 is 0 Å². The number of likely N-dealkylation sites (tertiary alicyclic amines) is 1. The number of carbonyl (C=O) groups is 2. The van der Waals surface area contributed by atoms with Crippen molar-refractivity contribution < 1.29 is 14.3 Å². The molecule has 3 N–H and O–H groups in total. The Balaban J connectivity index is 1.09. The van der Waals surface area contributed by atoms with Gasteiger partial charge in [0.25, 0.3) is 0 Å². The third kappa shape index (κ3) is 6.51. The van der Waals surface area contributed by atoms with E-state index < -0.39 is 0 Å². The topological polar surface area (TPSA) is 89.6 Å². The number of fused-ring (bicyclic) bond motifs is 2. The summed E-state index contributed by atoms with van der Waals surface area (Å²) < 4.78 is 9.11. The smallest absolute Gasteiger partial charge is 0.228 e. The molecule has 6 rings (SSSR count). The SMILES string of the molecule is COCCCn1c(C2CCCN(C(=O)C[C@H](N)Cc3ccc(-c4ccc5c(c4)CC(=O)N5)cc3)C2)c(I)c2ccccc21. The molecule has 2 aliphatic heterocycles. The molecule has 224 valence electrons. The Morgan fingerprint density at radius 1 is 1.12 bits per heavy atom. The molecular formula is C35H39IN4O3. The molecule has 8 heteroatoms. The van der Waals surface area contributed by atoms with Crippen LogP contribution in [-0.4, -0.2) is 54.1 Å². The first-order valence-electron chi connectivity index (χ1n) is 15.2. The fourth-order valence-electron chi connectivity index (χ4n) is 6.69. The standard InChI is InChI=1S/C35H39IN4O3/c1-43-17-5-16-40-31-8-3-2-7-29(31)34(36)35(40)26-6-4-15-39(22-26)33(42)21-28(37)18-23-9-11-24(12-10-23)25-13-14-30-27(19-25)20-32(41)38-30/h2-3,7-14,19,26,28H,4-6,15-18,20-22,37H2,1H3,(H,38,41)/t26?,28-/m1/s1. The minimum absolute atomic E-state index is 0.0435.